The lowest BCUT2D eigenvalue weighted by Crippen LogP contribution is -2.41. The van der Waals surface area contributed by atoms with E-state index in [9.17, 15) is 22.8 Å². The van der Waals surface area contributed by atoms with Crippen molar-refractivity contribution in [2.45, 2.75) is 25.1 Å². The Hall–Kier alpha value is -1.73. The number of halogens is 3. The average Bonchev–Trinajstić information content (AvgIpc) is 2.19. The predicted octanol–water partition coefficient (Wildman–Crippen LogP) is 1.69. The third-order valence-electron chi connectivity index (χ3n) is 1.64. The van der Waals surface area contributed by atoms with Gasteiger partial charge in [0.1, 0.15) is 12.6 Å². The van der Waals surface area contributed by atoms with Crippen molar-refractivity contribution < 1.29 is 32.6 Å². The van der Waals surface area contributed by atoms with Gasteiger partial charge in [-0.1, -0.05) is 12.7 Å². The lowest BCUT2D eigenvalue weighted by molar-refractivity contribution is -0.145. The van der Waals surface area contributed by atoms with Gasteiger partial charge in [0.15, 0.2) is 0 Å². The standard InChI is InChI=1S/C9H12F3NO4/c1-2-5-17-8(16)13-6(7(14)15)3-4-9(10,11)12/h2,6H,1,3-5H2,(H,13,16)(H,14,15)/t6-/m0/s1. The molecule has 98 valence electrons. The van der Waals surface area contributed by atoms with Gasteiger partial charge in [0.2, 0.25) is 0 Å². The van der Waals surface area contributed by atoms with E-state index in [1.54, 1.807) is 0 Å². The number of hydrogen-bond donors (Lipinski definition) is 2. The molecule has 0 aromatic carbocycles. The molecule has 0 saturated heterocycles. The van der Waals surface area contributed by atoms with Crippen LogP contribution in [0.5, 0.6) is 0 Å². The van der Waals surface area contributed by atoms with Crippen LogP contribution in [0.3, 0.4) is 0 Å². The highest BCUT2D eigenvalue weighted by molar-refractivity contribution is 5.79. The van der Waals surface area contributed by atoms with Crippen molar-refractivity contribution in [2.24, 2.45) is 0 Å². The van der Waals surface area contributed by atoms with Crippen LogP contribution in [0, 0.1) is 0 Å². The molecule has 0 aromatic rings. The second-order valence-corrected chi connectivity index (χ2v) is 3.08. The molecule has 8 heteroatoms. The number of amides is 1. The van der Waals surface area contributed by atoms with Crippen molar-refractivity contribution >= 4 is 12.1 Å². The highest BCUT2D eigenvalue weighted by atomic mass is 19.4. The molecule has 0 aromatic heterocycles. The Morgan fingerprint density at radius 1 is 1.47 bits per heavy atom. The van der Waals surface area contributed by atoms with E-state index < -0.39 is 37.1 Å². The fourth-order valence-electron chi connectivity index (χ4n) is 0.884. The van der Waals surface area contributed by atoms with Crippen LogP contribution in [0.1, 0.15) is 12.8 Å². The number of alkyl carbamates (subject to hydrolysis) is 1. The number of carboxylic acids is 1. The topological polar surface area (TPSA) is 75.6 Å². The average molecular weight is 255 g/mol. The summed E-state index contributed by atoms with van der Waals surface area (Å²) in [5, 5.41) is 10.4. The van der Waals surface area contributed by atoms with Crippen LogP contribution in [0.2, 0.25) is 0 Å². The zero-order valence-electron chi connectivity index (χ0n) is 8.79. The normalized spacial score (nSPS) is 12.6. The Kier molecular flexibility index (Phi) is 6.08. The van der Waals surface area contributed by atoms with Gasteiger partial charge in [0.25, 0.3) is 0 Å². The molecule has 5 nitrogen and oxygen atoms in total. The number of hydrogen-bond acceptors (Lipinski definition) is 3. The number of rotatable bonds is 6. The third-order valence-corrected chi connectivity index (χ3v) is 1.64. The highest BCUT2D eigenvalue weighted by Crippen LogP contribution is 2.22. The quantitative estimate of drug-likeness (QED) is 0.708. The maximum Gasteiger partial charge on any atom is 0.408 e. The van der Waals surface area contributed by atoms with Gasteiger partial charge in [0.05, 0.1) is 0 Å². The van der Waals surface area contributed by atoms with Gasteiger partial charge in [-0.05, 0) is 6.42 Å². The SMILES string of the molecule is C=CCOC(=O)N[C@@H](CCC(F)(F)F)C(=O)O. The fraction of sp³-hybridized carbons (Fsp3) is 0.556. The van der Waals surface area contributed by atoms with Crippen LogP contribution >= 0.6 is 0 Å². The van der Waals surface area contributed by atoms with Crippen molar-refractivity contribution in [1.29, 1.82) is 0 Å². The zero-order valence-corrected chi connectivity index (χ0v) is 8.79. The number of carbonyl (C=O) groups excluding carboxylic acids is 1. The maximum absolute atomic E-state index is 11.9. The largest absolute Gasteiger partial charge is 0.480 e. The van der Waals surface area contributed by atoms with Crippen LogP contribution in [0.15, 0.2) is 12.7 Å². The number of carbonyl (C=O) groups is 2. The first-order valence-electron chi connectivity index (χ1n) is 4.60. The van der Waals surface area contributed by atoms with E-state index in [0.717, 1.165) is 0 Å². The van der Waals surface area contributed by atoms with Gasteiger partial charge < -0.3 is 15.2 Å². The molecule has 17 heavy (non-hydrogen) atoms. The van der Waals surface area contributed by atoms with Crippen molar-refractivity contribution in [3.63, 3.8) is 0 Å². The predicted molar refractivity (Wildman–Crippen MR) is 51.4 cm³/mol. The van der Waals surface area contributed by atoms with Crippen LogP contribution in [0.25, 0.3) is 0 Å². The summed E-state index contributed by atoms with van der Waals surface area (Å²) < 4.78 is 40.0. The molecule has 0 bridgehead atoms. The summed E-state index contributed by atoms with van der Waals surface area (Å²) in [5.41, 5.74) is 0. The van der Waals surface area contributed by atoms with E-state index >= 15 is 0 Å². The van der Waals surface area contributed by atoms with Gasteiger partial charge in [-0.15, -0.1) is 0 Å². The number of aliphatic carboxylic acids is 1. The summed E-state index contributed by atoms with van der Waals surface area (Å²) in [6, 6.07) is -1.63. The van der Waals surface area contributed by atoms with Crippen LogP contribution in [0.4, 0.5) is 18.0 Å². The molecule has 0 aliphatic rings. The first-order chi connectivity index (χ1) is 7.76. The van der Waals surface area contributed by atoms with E-state index in [4.69, 9.17) is 5.11 Å². The Morgan fingerprint density at radius 3 is 2.47 bits per heavy atom. The van der Waals surface area contributed by atoms with Crippen LogP contribution in [-0.2, 0) is 9.53 Å². The summed E-state index contributed by atoms with van der Waals surface area (Å²) in [5.74, 6) is -1.55. The summed E-state index contributed by atoms with van der Waals surface area (Å²) in [7, 11) is 0. The maximum atomic E-state index is 11.9. The van der Waals surface area contributed by atoms with E-state index in [0.29, 0.717) is 0 Å². The molecular formula is C9H12F3NO4. The van der Waals surface area contributed by atoms with Crippen molar-refractivity contribution in [2.75, 3.05) is 6.61 Å². The molecule has 0 radical (unpaired) electrons. The molecule has 0 aliphatic heterocycles. The molecule has 0 rings (SSSR count). The zero-order chi connectivity index (χ0) is 13.5. The van der Waals surface area contributed by atoms with Gasteiger partial charge in [-0.3, -0.25) is 0 Å². The van der Waals surface area contributed by atoms with Gasteiger partial charge in [-0.2, -0.15) is 13.2 Å². The molecule has 0 fully saturated rings. The lowest BCUT2D eigenvalue weighted by atomic mass is 10.1. The number of alkyl halides is 3. The van der Waals surface area contributed by atoms with Crippen LogP contribution in [-0.4, -0.2) is 36.0 Å². The number of ether oxygens (including phenoxy) is 1. The third kappa shape index (κ3) is 8.12. The monoisotopic (exact) mass is 255 g/mol. The van der Waals surface area contributed by atoms with Crippen LogP contribution < -0.4 is 5.32 Å². The molecule has 0 saturated carbocycles. The second kappa shape index (κ2) is 6.77. The lowest BCUT2D eigenvalue weighted by Gasteiger charge is -2.15. The van der Waals surface area contributed by atoms with Gasteiger partial charge in [0, 0.05) is 6.42 Å². The Labute approximate surface area is 95.2 Å². The smallest absolute Gasteiger partial charge is 0.408 e. The summed E-state index contributed by atoms with van der Waals surface area (Å²) in [6.07, 6.45) is -6.38. The molecular weight excluding hydrogens is 243 g/mol. The Morgan fingerprint density at radius 2 is 2.06 bits per heavy atom. The fourth-order valence-corrected chi connectivity index (χ4v) is 0.884. The summed E-state index contributed by atoms with van der Waals surface area (Å²) in [6.45, 7) is 3.09. The Bertz CT molecular complexity index is 290. The molecule has 0 heterocycles. The minimum absolute atomic E-state index is 0.155. The number of carboxylic acid groups (broad SMARTS) is 1. The molecule has 1 amide bonds. The van der Waals surface area contributed by atoms with Gasteiger partial charge in [-0.25, -0.2) is 9.59 Å². The second-order valence-electron chi connectivity index (χ2n) is 3.08. The number of nitrogens with one attached hydrogen (secondary N) is 1. The van der Waals surface area contributed by atoms with E-state index in [1.807, 2.05) is 5.32 Å². The van der Waals surface area contributed by atoms with E-state index in [1.165, 1.54) is 6.08 Å². The van der Waals surface area contributed by atoms with E-state index in [-0.39, 0.29) is 6.61 Å². The summed E-state index contributed by atoms with van der Waals surface area (Å²) in [4.78, 5) is 21.5. The van der Waals surface area contributed by atoms with E-state index in [2.05, 4.69) is 11.3 Å². The molecule has 2 N–H and O–H groups in total. The molecule has 0 aliphatic carbocycles. The first kappa shape index (κ1) is 15.3. The molecule has 0 unspecified atom stereocenters. The van der Waals surface area contributed by atoms with Crippen molar-refractivity contribution in [3.05, 3.63) is 12.7 Å². The Balaban J connectivity index is 4.20. The molecule has 0 spiro atoms. The van der Waals surface area contributed by atoms with Crippen molar-refractivity contribution in [1.82, 2.24) is 5.32 Å². The first-order valence-corrected chi connectivity index (χ1v) is 4.60. The molecule has 1 atom stereocenters. The highest BCUT2D eigenvalue weighted by Gasteiger charge is 2.31. The van der Waals surface area contributed by atoms with Gasteiger partial charge >= 0.3 is 18.2 Å². The minimum atomic E-state index is -4.47. The minimum Gasteiger partial charge on any atom is -0.480 e. The van der Waals surface area contributed by atoms with Crippen molar-refractivity contribution in [3.8, 4) is 0 Å². The summed E-state index contributed by atoms with van der Waals surface area (Å²) >= 11 is 0.